The highest BCUT2D eigenvalue weighted by molar-refractivity contribution is 5.59. The molecule has 0 saturated carbocycles. The van der Waals surface area contributed by atoms with Gasteiger partial charge in [-0.15, -0.1) is 0 Å². The zero-order chi connectivity index (χ0) is 16.1. The van der Waals surface area contributed by atoms with Crippen LogP contribution in [0.2, 0.25) is 0 Å². The van der Waals surface area contributed by atoms with Crippen molar-refractivity contribution in [2.75, 3.05) is 51.3 Å². The number of methoxy groups -OCH3 is 1. The fourth-order valence-electron chi connectivity index (χ4n) is 2.87. The Bertz CT molecular complexity index is 610. The molecule has 1 aromatic heterocycles. The minimum absolute atomic E-state index is 0.215. The lowest BCUT2D eigenvalue weighted by atomic mass is 10.1. The van der Waals surface area contributed by atoms with Crippen LogP contribution in [0.5, 0.6) is 0 Å². The van der Waals surface area contributed by atoms with Gasteiger partial charge in [0.2, 0.25) is 0 Å². The number of rotatable bonds is 5. The van der Waals surface area contributed by atoms with Gasteiger partial charge in [-0.2, -0.15) is 5.26 Å². The predicted octanol–water partition coefficient (Wildman–Crippen LogP) is 0.817. The van der Waals surface area contributed by atoms with E-state index in [0.29, 0.717) is 13.2 Å². The van der Waals surface area contributed by atoms with E-state index in [9.17, 15) is 10.1 Å². The van der Waals surface area contributed by atoms with E-state index in [1.54, 1.807) is 11.7 Å². The Balaban J connectivity index is 2.33. The molecule has 0 aliphatic carbocycles. The van der Waals surface area contributed by atoms with Crippen LogP contribution in [0.3, 0.4) is 0 Å². The van der Waals surface area contributed by atoms with Gasteiger partial charge < -0.3 is 19.1 Å². The minimum atomic E-state index is -0.215. The summed E-state index contributed by atoms with van der Waals surface area (Å²) in [6.45, 7) is 9.66. The molecule has 1 aromatic rings. The number of nitriles is 1. The summed E-state index contributed by atoms with van der Waals surface area (Å²) in [6, 6.07) is 4.06. The predicted molar refractivity (Wildman–Crippen MR) is 86.4 cm³/mol. The second-order valence-corrected chi connectivity index (χ2v) is 5.53. The van der Waals surface area contributed by atoms with Crippen molar-refractivity contribution in [1.29, 1.82) is 5.26 Å². The van der Waals surface area contributed by atoms with E-state index in [1.807, 2.05) is 13.0 Å². The van der Waals surface area contributed by atoms with Gasteiger partial charge in [-0.25, -0.2) is 0 Å². The zero-order valence-corrected chi connectivity index (χ0v) is 13.6. The highest BCUT2D eigenvalue weighted by atomic mass is 16.5. The molecule has 0 spiro atoms. The van der Waals surface area contributed by atoms with Crippen LogP contribution in [0, 0.1) is 18.3 Å². The number of likely N-dealkylation sites (N-methyl/N-ethyl adjacent to an activating group) is 1. The lowest BCUT2D eigenvalue weighted by molar-refractivity contribution is 0.185. The largest absolute Gasteiger partial charge is 0.383 e. The molecule has 6 heteroatoms. The molecule has 0 bridgehead atoms. The average molecular weight is 304 g/mol. The number of aryl methyl sites for hydroxylation is 1. The summed E-state index contributed by atoms with van der Waals surface area (Å²) >= 11 is 0. The molecule has 2 rings (SSSR count). The molecule has 2 heterocycles. The normalized spacial score (nSPS) is 15.8. The van der Waals surface area contributed by atoms with Crippen LogP contribution in [0.1, 0.15) is 18.2 Å². The molecule has 0 atom stereocenters. The third-order valence-corrected chi connectivity index (χ3v) is 4.28. The Kier molecular flexibility index (Phi) is 5.58. The lowest BCUT2D eigenvalue weighted by Crippen LogP contribution is -2.47. The molecular formula is C16H24N4O2. The maximum Gasteiger partial charge on any atom is 0.270 e. The summed E-state index contributed by atoms with van der Waals surface area (Å²) in [5, 5.41) is 9.44. The van der Waals surface area contributed by atoms with E-state index in [0.717, 1.165) is 44.1 Å². The Morgan fingerprint density at radius 2 is 2.00 bits per heavy atom. The van der Waals surface area contributed by atoms with Crippen LogP contribution in [0.4, 0.5) is 5.69 Å². The van der Waals surface area contributed by atoms with Crippen molar-refractivity contribution in [2.45, 2.75) is 20.4 Å². The quantitative estimate of drug-likeness (QED) is 0.806. The monoisotopic (exact) mass is 304 g/mol. The molecule has 0 amide bonds. The molecule has 1 saturated heterocycles. The van der Waals surface area contributed by atoms with Gasteiger partial charge in [0.25, 0.3) is 5.56 Å². The molecule has 0 unspecified atom stereocenters. The topological polar surface area (TPSA) is 61.5 Å². The third kappa shape index (κ3) is 3.32. The summed E-state index contributed by atoms with van der Waals surface area (Å²) in [4.78, 5) is 17.1. The van der Waals surface area contributed by atoms with E-state index in [2.05, 4.69) is 22.8 Å². The van der Waals surface area contributed by atoms with Gasteiger partial charge in [-0.3, -0.25) is 4.79 Å². The van der Waals surface area contributed by atoms with Crippen molar-refractivity contribution in [3.8, 4) is 6.07 Å². The number of piperazine rings is 1. The van der Waals surface area contributed by atoms with E-state index in [-0.39, 0.29) is 11.1 Å². The number of hydrogen-bond donors (Lipinski definition) is 0. The summed E-state index contributed by atoms with van der Waals surface area (Å²) in [5.41, 5.74) is 1.67. The van der Waals surface area contributed by atoms with Crippen LogP contribution < -0.4 is 10.5 Å². The summed E-state index contributed by atoms with van der Waals surface area (Å²) in [5.74, 6) is 0. The molecule has 1 aliphatic heterocycles. The highest BCUT2D eigenvalue weighted by Gasteiger charge is 2.21. The summed E-state index contributed by atoms with van der Waals surface area (Å²) < 4.78 is 6.66. The Labute approximate surface area is 131 Å². The third-order valence-electron chi connectivity index (χ3n) is 4.28. The van der Waals surface area contributed by atoms with Crippen LogP contribution in [0.25, 0.3) is 0 Å². The van der Waals surface area contributed by atoms with Crippen LogP contribution >= 0.6 is 0 Å². The fourth-order valence-corrected chi connectivity index (χ4v) is 2.87. The number of nitrogens with zero attached hydrogens (tertiary/aromatic N) is 4. The maximum atomic E-state index is 12.6. The van der Waals surface area contributed by atoms with Crippen molar-refractivity contribution < 1.29 is 4.74 Å². The summed E-state index contributed by atoms with van der Waals surface area (Å²) in [6.07, 6.45) is 0. The standard InChI is InChI=1S/C16H24N4O2/c1-4-18-5-7-19(8-6-18)15-11-13(2)20(9-10-22-3)16(21)14(15)12-17/h11H,4-10H2,1-3H3. The van der Waals surface area contributed by atoms with Gasteiger partial charge in [0.1, 0.15) is 11.6 Å². The second kappa shape index (κ2) is 7.43. The Hall–Kier alpha value is -1.84. The Morgan fingerprint density at radius 3 is 2.55 bits per heavy atom. The van der Waals surface area contributed by atoms with Gasteiger partial charge in [-0.1, -0.05) is 6.92 Å². The fraction of sp³-hybridized carbons (Fsp3) is 0.625. The van der Waals surface area contributed by atoms with E-state index >= 15 is 0 Å². The maximum absolute atomic E-state index is 12.6. The molecule has 22 heavy (non-hydrogen) atoms. The summed E-state index contributed by atoms with van der Waals surface area (Å²) in [7, 11) is 1.60. The molecule has 0 aromatic carbocycles. The average Bonchev–Trinajstić information content (AvgIpc) is 2.54. The smallest absolute Gasteiger partial charge is 0.270 e. The second-order valence-electron chi connectivity index (χ2n) is 5.53. The number of aromatic nitrogens is 1. The lowest BCUT2D eigenvalue weighted by Gasteiger charge is -2.36. The highest BCUT2D eigenvalue weighted by Crippen LogP contribution is 2.20. The Morgan fingerprint density at radius 1 is 1.32 bits per heavy atom. The molecule has 1 aliphatic rings. The molecular weight excluding hydrogens is 280 g/mol. The minimum Gasteiger partial charge on any atom is -0.383 e. The van der Waals surface area contributed by atoms with Crippen molar-refractivity contribution >= 4 is 5.69 Å². The zero-order valence-electron chi connectivity index (χ0n) is 13.6. The SMILES string of the molecule is CCN1CCN(c2cc(C)n(CCOC)c(=O)c2C#N)CC1. The molecule has 120 valence electrons. The first-order valence-corrected chi connectivity index (χ1v) is 7.73. The molecule has 0 N–H and O–H groups in total. The molecule has 6 nitrogen and oxygen atoms in total. The van der Waals surface area contributed by atoms with Crippen molar-refractivity contribution in [2.24, 2.45) is 0 Å². The molecule has 0 radical (unpaired) electrons. The van der Waals surface area contributed by atoms with E-state index < -0.39 is 0 Å². The number of pyridine rings is 1. The van der Waals surface area contributed by atoms with Gasteiger partial charge in [-0.05, 0) is 19.5 Å². The van der Waals surface area contributed by atoms with Crippen LogP contribution in [-0.2, 0) is 11.3 Å². The van der Waals surface area contributed by atoms with Crippen molar-refractivity contribution in [1.82, 2.24) is 9.47 Å². The first-order chi connectivity index (χ1) is 10.6. The number of ether oxygens (including phenoxy) is 1. The van der Waals surface area contributed by atoms with Crippen molar-refractivity contribution in [3.05, 3.63) is 27.7 Å². The van der Waals surface area contributed by atoms with Gasteiger partial charge in [0.15, 0.2) is 0 Å². The number of hydrogen-bond acceptors (Lipinski definition) is 5. The van der Waals surface area contributed by atoms with Crippen LogP contribution in [-0.4, -0.2) is 55.9 Å². The van der Waals surface area contributed by atoms with Gasteiger partial charge in [0, 0.05) is 45.5 Å². The van der Waals surface area contributed by atoms with Crippen LogP contribution in [0.15, 0.2) is 10.9 Å². The van der Waals surface area contributed by atoms with Gasteiger partial charge in [0.05, 0.1) is 12.3 Å². The van der Waals surface area contributed by atoms with Gasteiger partial charge >= 0.3 is 0 Å². The number of anilines is 1. The molecule has 1 fully saturated rings. The van der Waals surface area contributed by atoms with E-state index in [4.69, 9.17) is 4.74 Å². The first-order valence-electron chi connectivity index (χ1n) is 7.73. The van der Waals surface area contributed by atoms with Crippen molar-refractivity contribution in [3.63, 3.8) is 0 Å². The first kappa shape index (κ1) is 16.5. The van der Waals surface area contributed by atoms with E-state index in [1.165, 1.54) is 0 Å².